The van der Waals surface area contributed by atoms with Crippen molar-refractivity contribution in [2.75, 3.05) is 13.1 Å². The SMILES string of the molecule is O=C(S)CC1CCNC1. The van der Waals surface area contributed by atoms with Gasteiger partial charge in [-0.05, 0) is 25.4 Å². The summed E-state index contributed by atoms with van der Waals surface area (Å²) in [4.78, 5) is 10.4. The summed E-state index contributed by atoms with van der Waals surface area (Å²) in [5.41, 5.74) is 0. The summed E-state index contributed by atoms with van der Waals surface area (Å²) in [6.07, 6.45) is 1.77. The smallest absolute Gasteiger partial charge is 0.186 e. The number of thiol groups is 1. The molecule has 2 nitrogen and oxygen atoms in total. The lowest BCUT2D eigenvalue weighted by Gasteiger charge is -2.01. The van der Waals surface area contributed by atoms with Crippen LogP contribution in [-0.4, -0.2) is 18.2 Å². The van der Waals surface area contributed by atoms with Crippen molar-refractivity contribution in [3.05, 3.63) is 0 Å². The molecule has 0 spiro atoms. The number of carbonyl (C=O) groups is 1. The number of hydrogen-bond donors (Lipinski definition) is 2. The Bertz CT molecular complexity index is 110. The van der Waals surface area contributed by atoms with Gasteiger partial charge in [-0.15, -0.1) is 12.6 Å². The second-order valence-electron chi connectivity index (χ2n) is 2.46. The van der Waals surface area contributed by atoms with Gasteiger partial charge in [0.2, 0.25) is 0 Å². The van der Waals surface area contributed by atoms with Gasteiger partial charge in [-0.3, -0.25) is 4.79 Å². The lowest BCUT2D eigenvalue weighted by molar-refractivity contribution is -0.111. The maximum atomic E-state index is 10.4. The van der Waals surface area contributed by atoms with Crippen LogP contribution in [0.4, 0.5) is 0 Å². The molecule has 1 N–H and O–H groups in total. The van der Waals surface area contributed by atoms with Crippen molar-refractivity contribution in [1.82, 2.24) is 5.32 Å². The molecule has 0 saturated carbocycles. The summed E-state index contributed by atoms with van der Waals surface area (Å²) in [5, 5.41) is 3.21. The van der Waals surface area contributed by atoms with E-state index >= 15 is 0 Å². The van der Waals surface area contributed by atoms with Crippen LogP contribution in [0.3, 0.4) is 0 Å². The molecule has 0 aromatic carbocycles. The van der Waals surface area contributed by atoms with Crippen LogP contribution in [-0.2, 0) is 4.79 Å². The lowest BCUT2D eigenvalue weighted by Crippen LogP contribution is -2.10. The molecule has 0 aromatic heterocycles. The number of rotatable bonds is 2. The highest BCUT2D eigenvalue weighted by atomic mass is 32.1. The van der Waals surface area contributed by atoms with E-state index in [1.807, 2.05) is 0 Å². The Morgan fingerprint density at radius 1 is 1.78 bits per heavy atom. The summed E-state index contributed by atoms with van der Waals surface area (Å²) >= 11 is 3.71. The zero-order valence-electron chi connectivity index (χ0n) is 5.26. The van der Waals surface area contributed by atoms with E-state index < -0.39 is 0 Å². The normalized spacial score (nSPS) is 26.6. The van der Waals surface area contributed by atoms with Gasteiger partial charge in [-0.2, -0.15) is 0 Å². The van der Waals surface area contributed by atoms with E-state index in [0.717, 1.165) is 19.5 Å². The first-order valence-electron chi connectivity index (χ1n) is 3.21. The Morgan fingerprint density at radius 2 is 2.56 bits per heavy atom. The van der Waals surface area contributed by atoms with E-state index in [2.05, 4.69) is 17.9 Å². The van der Waals surface area contributed by atoms with E-state index in [1.165, 1.54) is 0 Å². The molecule has 1 fully saturated rings. The van der Waals surface area contributed by atoms with Crippen LogP contribution in [0.2, 0.25) is 0 Å². The molecule has 52 valence electrons. The Kier molecular flexibility index (Phi) is 2.54. The average Bonchev–Trinajstić information content (AvgIpc) is 2.15. The third kappa shape index (κ3) is 2.37. The lowest BCUT2D eigenvalue weighted by atomic mass is 10.1. The van der Waals surface area contributed by atoms with E-state index in [0.29, 0.717) is 12.3 Å². The fourth-order valence-electron chi connectivity index (χ4n) is 1.14. The first kappa shape index (κ1) is 7.09. The van der Waals surface area contributed by atoms with Gasteiger partial charge < -0.3 is 5.32 Å². The van der Waals surface area contributed by atoms with Gasteiger partial charge in [0, 0.05) is 6.42 Å². The van der Waals surface area contributed by atoms with Gasteiger partial charge in [-0.25, -0.2) is 0 Å². The van der Waals surface area contributed by atoms with E-state index in [4.69, 9.17) is 0 Å². The fraction of sp³-hybridized carbons (Fsp3) is 0.833. The van der Waals surface area contributed by atoms with Crippen molar-refractivity contribution < 1.29 is 4.79 Å². The Morgan fingerprint density at radius 3 is 3.00 bits per heavy atom. The van der Waals surface area contributed by atoms with E-state index in [-0.39, 0.29) is 5.12 Å². The topological polar surface area (TPSA) is 29.1 Å². The molecule has 1 heterocycles. The zero-order valence-corrected chi connectivity index (χ0v) is 6.16. The van der Waals surface area contributed by atoms with E-state index in [9.17, 15) is 4.79 Å². The number of hydrogen-bond acceptors (Lipinski definition) is 2. The zero-order chi connectivity index (χ0) is 6.69. The maximum Gasteiger partial charge on any atom is 0.186 e. The molecule has 1 aliphatic heterocycles. The first-order valence-corrected chi connectivity index (χ1v) is 3.66. The summed E-state index contributed by atoms with van der Waals surface area (Å²) in [6.45, 7) is 2.05. The van der Waals surface area contributed by atoms with Gasteiger partial charge in [0.1, 0.15) is 0 Å². The highest BCUT2D eigenvalue weighted by Gasteiger charge is 2.15. The van der Waals surface area contributed by atoms with Crippen molar-refractivity contribution in [3.8, 4) is 0 Å². The van der Waals surface area contributed by atoms with Crippen molar-refractivity contribution >= 4 is 17.7 Å². The molecule has 0 radical (unpaired) electrons. The molecule has 0 aliphatic carbocycles. The molecule has 0 bridgehead atoms. The highest BCUT2D eigenvalue weighted by Crippen LogP contribution is 2.12. The average molecular weight is 145 g/mol. The maximum absolute atomic E-state index is 10.4. The number of carbonyl (C=O) groups excluding carboxylic acids is 1. The van der Waals surface area contributed by atoms with Gasteiger partial charge in [0.15, 0.2) is 5.12 Å². The largest absolute Gasteiger partial charge is 0.316 e. The molecule has 1 atom stereocenters. The van der Waals surface area contributed by atoms with Gasteiger partial charge in [0.25, 0.3) is 0 Å². The first-order chi connectivity index (χ1) is 4.29. The predicted octanol–water partition coefficient (Wildman–Crippen LogP) is 0.442. The molecule has 9 heavy (non-hydrogen) atoms. The van der Waals surface area contributed by atoms with Crippen LogP contribution in [0.5, 0.6) is 0 Å². The van der Waals surface area contributed by atoms with Crippen molar-refractivity contribution in [1.29, 1.82) is 0 Å². The highest BCUT2D eigenvalue weighted by molar-refractivity contribution is 7.96. The standard InChI is InChI=1S/C6H11NOS/c8-6(9)3-5-1-2-7-4-5/h5,7H,1-4H2,(H,8,9). The van der Waals surface area contributed by atoms with Gasteiger partial charge >= 0.3 is 0 Å². The molecule has 1 saturated heterocycles. The molecule has 3 heteroatoms. The van der Waals surface area contributed by atoms with E-state index in [1.54, 1.807) is 0 Å². The third-order valence-electron chi connectivity index (χ3n) is 1.63. The monoisotopic (exact) mass is 145 g/mol. The second-order valence-corrected chi connectivity index (χ2v) is 2.96. The minimum atomic E-state index is 0.0173. The van der Waals surface area contributed by atoms with Crippen molar-refractivity contribution in [2.45, 2.75) is 12.8 Å². The predicted molar refractivity (Wildman–Crippen MR) is 39.6 cm³/mol. The molecule has 1 rings (SSSR count). The van der Waals surface area contributed by atoms with Crippen LogP contribution in [0, 0.1) is 5.92 Å². The fourth-order valence-corrected chi connectivity index (χ4v) is 1.39. The molecule has 0 aromatic rings. The van der Waals surface area contributed by atoms with Gasteiger partial charge in [0.05, 0.1) is 0 Å². The van der Waals surface area contributed by atoms with Crippen LogP contribution >= 0.6 is 12.6 Å². The summed E-state index contributed by atoms with van der Waals surface area (Å²) in [7, 11) is 0. The quantitative estimate of drug-likeness (QED) is 0.552. The van der Waals surface area contributed by atoms with Crippen molar-refractivity contribution in [2.24, 2.45) is 5.92 Å². The summed E-state index contributed by atoms with van der Waals surface area (Å²) in [6, 6.07) is 0. The summed E-state index contributed by atoms with van der Waals surface area (Å²) < 4.78 is 0. The third-order valence-corrected chi connectivity index (χ3v) is 1.81. The van der Waals surface area contributed by atoms with Crippen molar-refractivity contribution in [3.63, 3.8) is 0 Å². The Labute approximate surface area is 60.4 Å². The molecule has 1 aliphatic rings. The summed E-state index contributed by atoms with van der Waals surface area (Å²) in [5.74, 6) is 0.551. The van der Waals surface area contributed by atoms with Crippen LogP contribution in [0.25, 0.3) is 0 Å². The second kappa shape index (κ2) is 3.22. The number of nitrogens with one attached hydrogen (secondary N) is 1. The Hall–Kier alpha value is -0.0200. The minimum Gasteiger partial charge on any atom is -0.316 e. The molecular formula is C6H11NOS. The van der Waals surface area contributed by atoms with Crippen LogP contribution < -0.4 is 5.32 Å². The Balaban J connectivity index is 2.19. The minimum absolute atomic E-state index is 0.0173. The van der Waals surface area contributed by atoms with Crippen LogP contribution in [0.1, 0.15) is 12.8 Å². The molecular weight excluding hydrogens is 134 g/mol. The van der Waals surface area contributed by atoms with Gasteiger partial charge in [-0.1, -0.05) is 0 Å². The van der Waals surface area contributed by atoms with Crippen LogP contribution in [0.15, 0.2) is 0 Å². The molecule has 1 unspecified atom stereocenters. The molecule has 0 amide bonds.